The summed E-state index contributed by atoms with van der Waals surface area (Å²) in [5.74, 6) is -0.0993. The number of carbonyl (C=O) groups is 1. The quantitative estimate of drug-likeness (QED) is 0.102. The Morgan fingerprint density at radius 2 is 1.65 bits per heavy atom. The Morgan fingerprint density at radius 1 is 1.02 bits per heavy atom. The Hall–Kier alpha value is -3.91. The minimum Gasteiger partial charge on any atom is -0.744 e. The molecule has 0 radical (unpaired) electrons. The Balaban J connectivity index is 2.00. The second-order valence-electron chi connectivity index (χ2n) is 9.47. The summed E-state index contributed by atoms with van der Waals surface area (Å²) in [5.41, 5.74) is -3.30. The van der Waals surface area contributed by atoms with Crippen molar-refractivity contribution in [3.8, 4) is 5.75 Å². The lowest BCUT2D eigenvalue weighted by molar-refractivity contribution is -0.698. The van der Waals surface area contributed by atoms with Gasteiger partial charge in [-0.3, -0.25) is 25.0 Å². The highest BCUT2D eigenvalue weighted by Crippen LogP contribution is 2.45. The molecule has 0 aromatic heterocycles. The molecule has 43 heavy (non-hydrogen) atoms. The number of nitrogens with one attached hydrogen (secondary N) is 1. The Morgan fingerprint density at radius 3 is 2.21 bits per heavy atom. The number of hydrogen-bond acceptors (Lipinski definition) is 13. The number of amides is 1. The first-order valence-electron chi connectivity index (χ1n) is 12.6. The van der Waals surface area contributed by atoms with Crippen LogP contribution in [0.25, 0.3) is 0 Å². The normalized spacial score (nSPS) is 12.7. The van der Waals surface area contributed by atoms with Crippen LogP contribution in [0.3, 0.4) is 0 Å². The van der Waals surface area contributed by atoms with Crippen LogP contribution in [0, 0.1) is 25.1 Å². The molecule has 19 heteroatoms. The lowest BCUT2D eigenvalue weighted by Crippen LogP contribution is -2.23. The average Bonchev–Trinajstić information content (AvgIpc) is 2.92. The molecule has 2 rings (SSSR count). The van der Waals surface area contributed by atoms with Crippen LogP contribution < -0.4 is 10.1 Å². The molecule has 17 nitrogen and oxygen atoms in total. The van der Waals surface area contributed by atoms with E-state index in [0.717, 1.165) is 12.8 Å². The monoisotopic (exact) mass is 648 g/mol. The van der Waals surface area contributed by atoms with Gasteiger partial charge in [0.05, 0.1) is 27.4 Å². The van der Waals surface area contributed by atoms with E-state index in [-0.39, 0.29) is 31.5 Å². The Labute approximate surface area is 248 Å². The average molecular weight is 649 g/mol. The third-order valence-electron chi connectivity index (χ3n) is 5.51. The number of anilines is 1. The molecule has 0 heterocycles. The van der Waals surface area contributed by atoms with Gasteiger partial charge in [0.15, 0.2) is 0 Å². The van der Waals surface area contributed by atoms with E-state index in [2.05, 4.69) is 5.32 Å². The van der Waals surface area contributed by atoms with E-state index in [1.54, 1.807) is 24.3 Å². The van der Waals surface area contributed by atoms with Gasteiger partial charge in [0.25, 0.3) is 10.6 Å². The Kier molecular flexibility index (Phi) is 12.7. The number of aliphatic hydroxyl groups is 1. The number of nitro groups is 2. The summed E-state index contributed by atoms with van der Waals surface area (Å²) >= 11 is 0. The van der Waals surface area contributed by atoms with E-state index in [4.69, 9.17) is 13.8 Å². The van der Waals surface area contributed by atoms with Gasteiger partial charge in [-0.1, -0.05) is 13.3 Å². The van der Waals surface area contributed by atoms with Gasteiger partial charge in [0.1, 0.15) is 34.6 Å². The number of benzene rings is 2. The maximum atomic E-state index is 12.8. The molecule has 0 saturated heterocycles. The molecular weight excluding hydrogens is 616 g/mol. The van der Waals surface area contributed by atoms with Crippen LogP contribution in [0.15, 0.2) is 41.3 Å². The van der Waals surface area contributed by atoms with Gasteiger partial charge in [-0.2, -0.15) is 4.28 Å². The van der Waals surface area contributed by atoms with Crippen molar-refractivity contribution >= 4 is 49.1 Å². The number of rotatable bonds is 18. The molecule has 1 unspecified atom stereocenters. The highest BCUT2D eigenvalue weighted by molar-refractivity contribution is 8.28. The van der Waals surface area contributed by atoms with Crippen LogP contribution in [-0.2, 0) is 23.9 Å². The van der Waals surface area contributed by atoms with Gasteiger partial charge >= 0.3 is 11.4 Å². The molecule has 2 aromatic carbocycles. The SMILES string of the molecule is CCCCOCC(O)COc1ccc(NC(=O)CCS(C)(C)O[N+](=O)c2cc([N+](=O)[O-])cc([N+](=O)[O-])c2S(=O)(=O)[O-])cc1. The van der Waals surface area contributed by atoms with E-state index < -0.39 is 69.2 Å². The third kappa shape index (κ3) is 11.4. The number of nitro benzene ring substituents is 2. The molecule has 0 fully saturated rings. The number of non-ortho nitro benzene ring substituents is 1. The van der Waals surface area contributed by atoms with Gasteiger partial charge < -0.3 is 24.4 Å². The molecule has 1 atom stereocenters. The topological polar surface area (TPSA) is 241 Å². The number of aliphatic hydroxyl groups excluding tert-OH is 1. The highest BCUT2D eigenvalue weighted by Gasteiger charge is 2.40. The standard InChI is InChI=1S/C24H32N4O13S2/c1-4-5-11-39-15-19(29)16-40-20-8-6-17(7-9-20)25-23(30)10-12-42(2,3)41-28(35)22-14-18(26(31)32)13-21(27(33)34)24(22)43(36,37)38/h6-9,13-14,19,29H,4-5,10-12,15-16H2,1-3H3,(H-,25,30,36,37,38). The molecule has 0 bridgehead atoms. The molecule has 0 saturated carbocycles. The van der Waals surface area contributed by atoms with Crippen molar-refractivity contribution in [2.75, 3.05) is 43.4 Å². The van der Waals surface area contributed by atoms with E-state index >= 15 is 0 Å². The van der Waals surface area contributed by atoms with Crippen molar-refractivity contribution in [3.05, 3.63) is 61.5 Å². The van der Waals surface area contributed by atoms with Crippen molar-refractivity contribution in [2.45, 2.75) is 37.2 Å². The van der Waals surface area contributed by atoms with E-state index in [1.807, 2.05) is 6.92 Å². The largest absolute Gasteiger partial charge is 0.744 e. The van der Waals surface area contributed by atoms with Crippen LogP contribution in [0.2, 0.25) is 0 Å². The second-order valence-corrected chi connectivity index (χ2v) is 14.2. The third-order valence-corrected chi connectivity index (χ3v) is 8.16. The van der Waals surface area contributed by atoms with Gasteiger partial charge in [-0.25, -0.2) is 8.42 Å². The van der Waals surface area contributed by atoms with Crippen molar-refractivity contribution < 1.29 is 51.4 Å². The molecule has 2 aromatic rings. The summed E-state index contributed by atoms with van der Waals surface area (Å²) in [4.78, 5) is 43.2. The fourth-order valence-electron chi connectivity index (χ4n) is 3.38. The molecule has 2 N–H and O–H groups in total. The number of hydrogen-bond donors (Lipinski definition) is 2. The van der Waals surface area contributed by atoms with E-state index in [0.29, 0.717) is 24.1 Å². The predicted octanol–water partition coefficient (Wildman–Crippen LogP) is 3.31. The van der Waals surface area contributed by atoms with E-state index in [9.17, 15) is 48.0 Å². The van der Waals surface area contributed by atoms with Crippen LogP contribution in [-0.4, -0.2) is 82.9 Å². The second kappa shape index (κ2) is 15.5. The summed E-state index contributed by atoms with van der Waals surface area (Å²) in [6.45, 7) is 2.74. The zero-order valence-electron chi connectivity index (χ0n) is 23.5. The zero-order chi connectivity index (χ0) is 32.4. The van der Waals surface area contributed by atoms with Gasteiger partial charge in [-0.15, -0.1) is 0 Å². The van der Waals surface area contributed by atoms with Crippen molar-refractivity contribution in [1.29, 1.82) is 0 Å². The molecule has 0 aliphatic carbocycles. The van der Waals surface area contributed by atoms with Gasteiger partial charge in [0, 0.05) is 37.0 Å². The number of unbranched alkanes of at least 4 members (excludes halogenated alkanes) is 1. The highest BCUT2D eigenvalue weighted by atomic mass is 32.3. The Bertz CT molecular complexity index is 1430. The molecule has 0 spiro atoms. The summed E-state index contributed by atoms with van der Waals surface area (Å²) in [6, 6.07) is 6.90. The van der Waals surface area contributed by atoms with Crippen molar-refractivity contribution in [2.24, 2.45) is 0 Å². The lowest BCUT2D eigenvalue weighted by atomic mass is 10.2. The summed E-state index contributed by atoms with van der Waals surface area (Å²) in [5, 5.41) is 35.1. The summed E-state index contributed by atoms with van der Waals surface area (Å²) in [7, 11) is -8.16. The molecule has 0 aliphatic heterocycles. The first-order valence-corrected chi connectivity index (χ1v) is 16.6. The maximum absolute atomic E-state index is 12.8. The maximum Gasteiger partial charge on any atom is 0.349 e. The minimum absolute atomic E-state index is 0.0122. The first-order chi connectivity index (χ1) is 20.0. The van der Waals surface area contributed by atoms with E-state index in [1.165, 1.54) is 12.5 Å². The molecule has 238 valence electrons. The first kappa shape index (κ1) is 35.3. The number of nitrogens with zero attached hydrogens (tertiary/aromatic N) is 3. The minimum atomic E-state index is -5.65. The van der Waals surface area contributed by atoms with Crippen LogP contribution >= 0.6 is 10.3 Å². The fourth-order valence-corrected chi connectivity index (χ4v) is 5.36. The molecule has 1 amide bonds. The number of ether oxygens (including phenoxy) is 2. The smallest absolute Gasteiger partial charge is 0.349 e. The van der Waals surface area contributed by atoms with Crippen molar-refractivity contribution in [1.82, 2.24) is 0 Å². The number of carbonyl (C=O) groups excluding carboxylic acids is 1. The fraction of sp³-hybridized carbons (Fsp3) is 0.458. The van der Waals surface area contributed by atoms with Crippen molar-refractivity contribution in [3.63, 3.8) is 0 Å². The van der Waals surface area contributed by atoms with Gasteiger partial charge in [0.2, 0.25) is 10.8 Å². The van der Waals surface area contributed by atoms with Crippen LogP contribution in [0.4, 0.5) is 22.7 Å². The van der Waals surface area contributed by atoms with Gasteiger partial charge in [-0.05, 0) is 41.0 Å². The summed E-state index contributed by atoms with van der Waals surface area (Å²) < 4.78 is 51.3. The predicted molar refractivity (Wildman–Crippen MR) is 153 cm³/mol. The summed E-state index contributed by atoms with van der Waals surface area (Å²) in [6.07, 6.45) is 3.72. The molecular formula is C24H32N4O13S2. The lowest BCUT2D eigenvalue weighted by Gasteiger charge is -2.23. The molecule has 0 aliphatic rings. The zero-order valence-corrected chi connectivity index (χ0v) is 25.1. The van der Waals surface area contributed by atoms with Crippen LogP contribution in [0.5, 0.6) is 5.75 Å². The van der Waals surface area contributed by atoms with Crippen LogP contribution in [0.1, 0.15) is 26.2 Å².